The number of nitrogens with zero attached hydrogens (tertiary/aromatic N) is 1. The Hall–Kier alpha value is -2.17. The van der Waals surface area contributed by atoms with Gasteiger partial charge in [0, 0.05) is 25.8 Å². The third-order valence-corrected chi connectivity index (χ3v) is 4.42. The first-order valence-corrected chi connectivity index (χ1v) is 8.85. The van der Waals surface area contributed by atoms with Gasteiger partial charge in [-0.1, -0.05) is 56.3 Å². The molecule has 4 nitrogen and oxygen atoms in total. The SMILES string of the molecule is CCN(CC)Cc1ccc(C(=O)NCC(OC)c2ccccc2)cc1. The summed E-state index contributed by atoms with van der Waals surface area (Å²) in [5.41, 5.74) is 2.95. The molecular weight excluding hydrogens is 312 g/mol. The zero-order valence-corrected chi connectivity index (χ0v) is 15.4. The van der Waals surface area contributed by atoms with Gasteiger partial charge in [0.05, 0.1) is 6.10 Å². The molecule has 1 amide bonds. The molecule has 2 aromatic rings. The smallest absolute Gasteiger partial charge is 0.251 e. The normalized spacial score (nSPS) is 12.2. The Morgan fingerprint density at radius 2 is 1.68 bits per heavy atom. The summed E-state index contributed by atoms with van der Waals surface area (Å²) in [6.45, 7) is 7.72. The summed E-state index contributed by atoms with van der Waals surface area (Å²) in [6.07, 6.45) is -0.146. The van der Waals surface area contributed by atoms with Crippen LogP contribution in [0.5, 0.6) is 0 Å². The minimum atomic E-state index is -0.146. The van der Waals surface area contributed by atoms with Gasteiger partial charge in [-0.25, -0.2) is 0 Å². The summed E-state index contributed by atoms with van der Waals surface area (Å²) in [4.78, 5) is 14.7. The highest BCUT2D eigenvalue weighted by molar-refractivity contribution is 5.94. The molecule has 0 spiro atoms. The van der Waals surface area contributed by atoms with Gasteiger partial charge in [-0.3, -0.25) is 9.69 Å². The van der Waals surface area contributed by atoms with E-state index in [9.17, 15) is 4.79 Å². The average molecular weight is 340 g/mol. The highest BCUT2D eigenvalue weighted by Crippen LogP contribution is 2.15. The number of ether oxygens (including phenoxy) is 1. The fraction of sp³-hybridized carbons (Fsp3) is 0.381. The molecule has 134 valence electrons. The van der Waals surface area contributed by atoms with Gasteiger partial charge in [-0.15, -0.1) is 0 Å². The second-order valence-corrected chi connectivity index (χ2v) is 6.00. The summed E-state index contributed by atoms with van der Waals surface area (Å²) in [5, 5.41) is 2.96. The number of benzene rings is 2. The van der Waals surface area contributed by atoms with Gasteiger partial charge in [-0.05, 0) is 36.3 Å². The van der Waals surface area contributed by atoms with Crippen molar-refractivity contribution in [3.8, 4) is 0 Å². The molecule has 0 heterocycles. The van der Waals surface area contributed by atoms with Crippen LogP contribution in [0, 0.1) is 0 Å². The Morgan fingerprint density at radius 3 is 2.24 bits per heavy atom. The van der Waals surface area contributed by atoms with E-state index < -0.39 is 0 Å². The number of carbonyl (C=O) groups is 1. The molecule has 0 aromatic heterocycles. The molecule has 1 N–H and O–H groups in total. The summed E-state index contributed by atoms with van der Waals surface area (Å²) < 4.78 is 5.49. The molecule has 0 radical (unpaired) electrons. The number of amides is 1. The van der Waals surface area contributed by atoms with E-state index in [-0.39, 0.29) is 12.0 Å². The van der Waals surface area contributed by atoms with E-state index >= 15 is 0 Å². The Kier molecular flexibility index (Phi) is 7.64. The monoisotopic (exact) mass is 340 g/mol. The van der Waals surface area contributed by atoms with Crippen molar-refractivity contribution >= 4 is 5.91 Å². The van der Waals surface area contributed by atoms with Crippen molar-refractivity contribution < 1.29 is 9.53 Å². The van der Waals surface area contributed by atoms with Gasteiger partial charge >= 0.3 is 0 Å². The van der Waals surface area contributed by atoms with Gasteiger partial charge in [0.2, 0.25) is 0 Å². The first-order valence-electron chi connectivity index (χ1n) is 8.85. The number of hydrogen-bond acceptors (Lipinski definition) is 3. The number of carbonyl (C=O) groups excluding carboxylic acids is 1. The van der Waals surface area contributed by atoms with Crippen molar-refractivity contribution in [2.24, 2.45) is 0 Å². The van der Waals surface area contributed by atoms with Crippen molar-refractivity contribution in [3.05, 3.63) is 71.3 Å². The standard InChI is InChI=1S/C21H28N2O2/c1-4-23(5-2)16-17-11-13-19(14-12-17)21(24)22-15-20(25-3)18-9-7-6-8-10-18/h6-14,20H,4-5,15-16H2,1-3H3,(H,22,24). The minimum absolute atomic E-state index is 0.0765. The lowest BCUT2D eigenvalue weighted by molar-refractivity contribution is 0.0828. The van der Waals surface area contributed by atoms with Crippen LogP contribution in [0.2, 0.25) is 0 Å². The van der Waals surface area contributed by atoms with Crippen LogP contribution in [0.25, 0.3) is 0 Å². The summed E-state index contributed by atoms with van der Waals surface area (Å²) >= 11 is 0. The molecule has 1 unspecified atom stereocenters. The van der Waals surface area contributed by atoms with E-state index in [1.54, 1.807) is 7.11 Å². The quantitative estimate of drug-likeness (QED) is 0.758. The van der Waals surface area contributed by atoms with E-state index in [0.29, 0.717) is 12.1 Å². The maximum absolute atomic E-state index is 12.4. The molecule has 0 fully saturated rings. The van der Waals surface area contributed by atoms with Gasteiger partial charge < -0.3 is 10.1 Å². The van der Waals surface area contributed by atoms with Crippen molar-refractivity contribution in [1.82, 2.24) is 10.2 Å². The lowest BCUT2D eigenvalue weighted by atomic mass is 10.1. The largest absolute Gasteiger partial charge is 0.375 e. The van der Waals surface area contributed by atoms with E-state index in [2.05, 4.69) is 24.1 Å². The lowest BCUT2D eigenvalue weighted by Crippen LogP contribution is -2.29. The predicted octanol–water partition coefficient (Wildman–Crippen LogP) is 3.65. The molecule has 25 heavy (non-hydrogen) atoms. The fourth-order valence-electron chi connectivity index (χ4n) is 2.76. The molecule has 0 aliphatic heterocycles. The third-order valence-electron chi connectivity index (χ3n) is 4.42. The summed E-state index contributed by atoms with van der Waals surface area (Å²) in [6, 6.07) is 17.7. The maximum Gasteiger partial charge on any atom is 0.251 e. The molecule has 0 saturated heterocycles. The second kappa shape index (κ2) is 9.97. The number of rotatable bonds is 9. The average Bonchev–Trinajstić information content (AvgIpc) is 2.67. The zero-order valence-electron chi connectivity index (χ0n) is 15.4. The lowest BCUT2D eigenvalue weighted by Gasteiger charge is -2.18. The molecule has 0 aliphatic carbocycles. The number of methoxy groups -OCH3 is 1. The van der Waals surface area contributed by atoms with Crippen LogP contribution in [0.3, 0.4) is 0 Å². The van der Waals surface area contributed by atoms with Crippen LogP contribution < -0.4 is 5.32 Å². The van der Waals surface area contributed by atoms with Crippen LogP contribution in [-0.4, -0.2) is 37.6 Å². The zero-order chi connectivity index (χ0) is 18.1. The summed E-state index contributed by atoms with van der Waals surface area (Å²) in [5.74, 6) is -0.0765. The topological polar surface area (TPSA) is 41.6 Å². The first kappa shape index (κ1) is 19.2. The Morgan fingerprint density at radius 1 is 1.04 bits per heavy atom. The van der Waals surface area contributed by atoms with Gasteiger partial charge in [0.15, 0.2) is 0 Å². The van der Waals surface area contributed by atoms with E-state index in [1.807, 2.05) is 54.6 Å². The first-order chi connectivity index (χ1) is 12.2. The van der Waals surface area contributed by atoms with Crippen LogP contribution in [0.15, 0.2) is 54.6 Å². The molecular formula is C21H28N2O2. The van der Waals surface area contributed by atoms with Crippen molar-refractivity contribution in [2.45, 2.75) is 26.5 Å². The molecule has 4 heteroatoms. The third kappa shape index (κ3) is 5.69. The Labute approximate surface area is 150 Å². The van der Waals surface area contributed by atoms with Crippen LogP contribution in [-0.2, 0) is 11.3 Å². The van der Waals surface area contributed by atoms with Gasteiger partial charge in [0.1, 0.15) is 0 Å². The van der Waals surface area contributed by atoms with E-state index in [1.165, 1.54) is 5.56 Å². The number of nitrogens with one attached hydrogen (secondary N) is 1. The van der Waals surface area contributed by atoms with Crippen LogP contribution in [0.1, 0.15) is 41.4 Å². The molecule has 2 aromatic carbocycles. The van der Waals surface area contributed by atoms with Crippen molar-refractivity contribution in [3.63, 3.8) is 0 Å². The van der Waals surface area contributed by atoms with Crippen LogP contribution in [0.4, 0.5) is 0 Å². The Bertz CT molecular complexity index is 637. The molecule has 2 rings (SSSR count). The van der Waals surface area contributed by atoms with Crippen LogP contribution >= 0.6 is 0 Å². The van der Waals surface area contributed by atoms with E-state index in [0.717, 1.165) is 25.2 Å². The van der Waals surface area contributed by atoms with Gasteiger partial charge in [0.25, 0.3) is 5.91 Å². The molecule has 0 saturated carbocycles. The van der Waals surface area contributed by atoms with Crippen molar-refractivity contribution in [1.29, 1.82) is 0 Å². The second-order valence-electron chi connectivity index (χ2n) is 6.00. The fourth-order valence-corrected chi connectivity index (χ4v) is 2.76. The number of hydrogen-bond donors (Lipinski definition) is 1. The van der Waals surface area contributed by atoms with Crippen molar-refractivity contribution in [2.75, 3.05) is 26.7 Å². The molecule has 1 atom stereocenters. The van der Waals surface area contributed by atoms with E-state index in [4.69, 9.17) is 4.74 Å². The highest BCUT2D eigenvalue weighted by atomic mass is 16.5. The molecule has 0 bridgehead atoms. The molecule has 0 aliphatic rings. The minimum Gasteiger partial charge on any atom is -0.375 e. The Balaban J connectivity index is 1.92. The van der Waals surface area contributed by atoms with Gasteiger partial charge in [-0.2, -0.15) is 0 Å². The predicted molar refractivity (Wildman–Crippen MR) is 102 cm³/mol. The maximum atomic E-state index is 12.4. The highest BCUT2D eigenvalue weighted by Gasteiger charge is 2.13. The summed E-state index contributed by atoms with van der Waals surface area (Å²) in [7, 11) is 1.66.